The third-order valence-electron chi connectivity index (χ3n) is 3.99. The zero-order valence-electron chi connectivity index (χ0n) is 13.2. The second kappa shape index (κ2) is 5.77. The smallest absolute Gasteiger partial charge is 0.276 e. The van der Waals surface area contributed by atoms with Crippen molar-refractivity contribution in [1.29, 1.82) is 0 Å². The van der Waals surface area contributed by atoms with Gasteiger partial charge in [0.05, 0.1) is 22.4 Å². The van der Waals surface area contributed by atoms with E-state index in [9.17, 15) is 4.79 Å². The van der Waals surface area contributed by atoms with Gasteiger partial charge in [-0.3, -0.25) is 9.78 Å². The van der Waals surface area contributed by atoms with E-state index in [0.717, 1.165) is 34.2 Å². The summed E-state index contributed by atoms with van der Waals surface area (Å²) < 4.78 is 1.69. The highest BCUT2D eigenvalue weighted by atomic mass is 16.1. The fourth-order valence-corrected chi connectivity index (χ4v) is 2.77. The number of aromatic nitrogens is 3. The highest BCUT2D eigenvalue weighted by molar-refractivity contribution is 6.04. The Labute approximate surface area is 139 Å². The number of carbonyl (C=O) groups excluding carboxylic acids is 1. The van der Waals surface area contributed by atoms with Gasteiger partial charge in [-0.15, -0.1) is 0 Å². The van der Waals surface area contributed by atoms with Crippen LogP contribution in [0, 0.1) is 0 Å². The van der Waals surface area contributed by atoms with E-state index in [0.29, 0.717) is 5.69 Å². The molecule has 1 N–H and O–H groups in total. The number of para-hydroxylation sites is 1. The molecule has 0 fully saturated rings. The van der Waals surface area contributed by atoms with Crippen LogP contribution >= 0.6 is 0 Å². The molecule has 0 unspecified atom stereocenters. The molecule has 0 radical (unpaired) electrons. The summed E-state index contributed by atoms with van der Waals surface area (Å²) in [6, 6.07) is 17.3. The minimum atomic E-state index is -0.231. The Morgan fingerprint density at radius 2 is 1.96 bits per heavy atom. The maximum atomic E-state index is 12.6. The maximum Gasteiger partial charge on any atom is 0.276 e. The fraction of sp³-hybridized carbons (Fsp3) is 0.105. The summed E-state index contributed by atoms with van der Waals surface area (Å²) in [5, 5.41) is 8.26. The van der Waals surface area contributed by atoms with Gasteiger partial charge >= 0.3 is 0 Å². The summed E-state index contributed by atoms with van der Waals surface area (Å²) in [4.78, 5) is 17.2. The lowest BCUT2D eigenvalue weighted by molar-refractivity contribution is 0.102. The van der Waals surface area contributed by atoms with E-state index >= 15 is 0 Å². The molecule has 3 aromatic heterocycles. The Kier molecular flexibility index (Phi) is 3.46. The molecule has 3 heterocycles. The van der Waals surface area contributed by atoms with E-state index in [-0.39, 0.29) is 5.91 Å². The Balaban J connectivity index is 1.71. The number of carbonyl (C=O) groups is 1. The van der Waals surface area contributed by atoms with Crippen molar-refractivity contribution in [2.45, 2.75) is 13.3 Å². The van der Waals surface area contributed by atoms with Gasteiger partial charge in [0.15, 0.2) is 5.69 Å². The molecule has 5 heteroatoms. The van der Waals surface area contributed by atoms with Gasteiger partial charge in [0.1, 0.15) is 0 Å². The van der Waals surface area contributed by atoms with Gasteiger partial charge in [-0.05, 0) is 36.8 Å². The molecule has 0 aliphatic carbocycles. The summed E-state index contributed by atoms with van der Waals surface area (Å²) in [5.41, 5.74) is 3.80. The molecular weight excluding hydrogens is 300 g/mol. The first-order valence-corrected chi connectivity index (χ1v) is 7.89. The van der Waals surface area contributed by atoms with Crippen LogP contribution in [0.3, 0.4) is 0 Å². The number of rotatable bonds is 3. The molecule has 0 aliphatic rings. The fourth-order valence-electron chi connectivity index (χ4n) is 2.77. The van der Waals surface area contributed by atoms with Gasteiger partial charge in [0, 0.05) is 11.6 Å². The average molecular weight is 316 g/mol. The molecular formula is C19H16N4O. The van der Waals surface area contributed by atoms with Gasteiger partial charge in [0.25, 0.3) is 5.91 Å². The van der Waals surface area contributed by atoms with Crippen LogP contribution < -0.4 is 5.32 Å². The number of hydrogen-bond donors (Lipinski definition) is 1. The molecule has 0 bridgehead atoms. The summed E-state index contributed by atoms with van der Waals surface area (Å²) in [6.45, 7) is 2.03. The lowest BCUT2D eigenvalue weighted by Crippen LogP contribution is -2.14. The van der Waals surface area contributed by atoms with Gasteiger partial charge in [-0.1, -0.05) is 31.2 Å². The summed E-state index contributed by atoms with van der Waals surface area (Å²) in [7, 11) is 0. The van der Waals surface area contributed by atoms with Crippen molar-refractivity contribution >= 4 is 28.0 Å². The second-order valence-electron chi connectivity index (χ2n) is 5.58. The lowest BCUT2D eigenvalue weighted by Gasteiger charge is -2.10. The largest absolute Gasteiger partial charge is 0.319 e. The van der Waals surface area contributed by atoms with Crippen molar-refractivity contribution in [1.82, 2.24) is 14.6 Å². The van der Waals surface area contributed by atoms with E-state index in [1.807, 2.05) is 61.7 Å². The van der Waals surface area contributed by atoms with E-state index in [1.165, 1.54) is 0 Å². The van der Waals surface area contributed by atoms with Crippen LogP contribution in [0.1, 0.15) is 23.1 Å². The van der Waals surface area contributed by atoms with E-state index in [4.69, 9.17) is 0 Å². The predicted octanol–water partition coefficient (Wildman–Crippen LogP) is 3.70. The standard InChI is InChI=1S/C19H16N4O/c1-2-15-17(11-13-7-3-4-9-16(13)20-15)21-19(24)18-12-14-8-5-6-10-23(14)22-18/h3-12H,2H2,1H3,(H,21,24). The predicted molar refractivity (Wildman–Crippen MR) is 94.3 cm³/mol. The molecule has 5 nitrogen and oxygen atoms in total. The zero-order valence-corrected chi connectivity index (χ0v) is 13.2. The normalized spacial score (nSPS) is 11.0. The Morgan fingerprint density at radius 3 is 2.79 bits per heavy atom. The van der Waals surface area contributed by atoms with E-state index in [2.05, 4.69) is 15.4 Å². The first-order valence-electron chi connectivity index (χ1n) is 7.89. The van der Waals surface area contributed by atoms with Gasteiger partial charge < -0.3 is 5.32 Å². The molecule has 4 aromatic rings. The molecule has 1 aromatic carbocycles. The number of nitrogens with zero attached hydrogens (tertiary/aromatic N) is 3. The van der Waals surface area contributed by atoms with Crippen LogP contribution in [-0.4, -0.2) is 20.5 Å². The molecule has 4 rings (SSSR count). The molecule has 0 aliphatic heterocycles. The number of anilines is 1. The Bertz CT molecular complexity index is 1020. The minimum Gasteiger partial charge on any atom is -0.319 e. The first-order chi connectivity index (χ1) is 11.7. The quantitative estimate of drug-likeness (QED) is 0.627. The molecule has 0 saturated carbocycles. The van der Waals surface area contributed by atoms with Gasteiger partial charge in [-0.25, -0.2) is 4.52 Å². The molecule has 0 atom stereocenters. The number of nitrogens with one attached hydrogen (secondary N) is 1. The monoisotopic (exact) mass is 316 g/mol. The van der Waals surface area contributed by atoms with Crippen LogP contribution in [-0.2, 0) is 6.42 Å². The Morgan fingerprint density at radius 1 is 1.12 bits per heavy atom. The second-order valence-corrected chi connectivity index (χ2v) is 5.58. The summed E-state index contributed by atoms with van der Waals surface area (Å²) in [6.07, 6.45) is 2.56. The number of hydrogen-bond acceptors (Lipinski definition) is 3. The van der Waals surface area contributed by atoms with Crippen LogP contribution in [0.25, 0.3) is 16.4 Å². The average Bonchev–Trinajstić information content (AvgIpc) is 3.05. The zero-order chi connectivity index (χ0) is 16.5. The molecule has 118 valence electrons. The van der Waals surface area contributed by atoms with E-state index < -0.39 is 0 Å². The molecule has 24 heavy (non-hydrogen) atoms. The first kappa shape index (κ1) is 14.4. The summed E-state index contributed by atoms with van der Waals surface area (Å²) >= 11 is 0. The van der Waals surface area contributed by atoms with Crippen molar-refractivity contribution in [3.8, 4) is 0 Å². The third kappa shape index (κ3) is 2.50. The minimum absolute atomic E-state index is 0.231. The van der Waals surface area contributed by atoms with Crippen LogP contribution in [0.4, 0.5) is 5.69 Å². The number of fused-ring (bicyclic) bond motifs is 2. The highest BCUT2D eigenvalue weighted by Gasteiger charge is 2.14. The van der Waals surface area contributed by atoms with Crippen molar-refractivity contribution in [3.63, 3.8) is 0 Å². The van der Waals surface area contributed by atoms with Gasteiger partial charge in [-0.2, -0.15) is 5.10 Å². The van der Waals surface area contributed by atoms with Crippen LogP contribution in [0.2, 0.25) is 0 Å². The lowest BCUT2D eigenvalue weighted by atomic mass is 10.1. The number of aryl methyl sites for hydroxylation is 1. The van der Waals surface area contributed by atoms with Crippen molar-refractivity contribution in [2.24, 2.45) is 0 Å². The number of amides is 1. The highest BCUT2D eigenvalue weighted by Crippen LogP contribution is 2.22. The molecule has 1 amide bonds. The van der Waals surface area contributed by atoms with Crippen LogP contribution in [0.5, 0.6) is 0 Å². The molecule has 0 saturated heterocycles. The SMILES string of the molecule is CCc1nc2ccccc2cc1NC(=O)c1cc2ccccn2n1. The Hall–Kier alpha value is -3.21. The van der Waals surface area contributed by atoms with Crippen molar-refractivity contribution in [3.05, 3.63) is 72.2 Å². The number of benzene rings is 1. The maximum absolute atomic E-state index is 12.6. The topological polar surface area (TPSA) is 59.3 Å². The third-order valence-corrected chi connectivity index (χ3v) is 3.99. The van der Waals surface area contributed by atoms with Crippen LogP contribution in [0.15, 0.2) is 60.8 Å². The summed E-state index contributed by atoms with van der Waals surface area (Å²) in [5.74, 6) is -0.231. The number of pyridine rings is 2. The van der Waals surface area contributed by atoms with Crippen molar-refractivity contribution < 1.29 is 4.79 Å². The van der Waals surface area contributed by atoms with Gasteiger partial charge in [0.2, 0.25) is 0 Å². The molecule has 0 spiro atoms. The van der Waals surface area contributed by atoms with E-state index in [1.54, 1.807) is 10.6 Å². The van der Waals surface area contributed by atoms with Crippen molar-refractivity contribution in [2.75, 3.05) is 5.32 Å².